The van der Waals surface area contributed by atoms with Gasteiger partial charge in [0.25, 0.3) is 0 Å². The smallest absolute Gasteiger partial charge is 0.0176 e. The van der Waals surface area contributed by atoms with Crippen molar-refractivity contribution in [1.82, 2.24) is 9.80 Å². The molecule has 2 bridgehead atoms. The zero-order valence-electron chi connectivity index (χ0n) is 15.2. The Morgan fingerprint density at radius 3 is 1.76 bits per heavy atom. The van der Waals surface area contributed by atoms with Crippen molar-refractivity contribution in [2.75, 3.05) is 26.2 Å². The molecule has 3 fully saturated rings. The molecule has 3 aliphatic rings. The van der Waals surface area contributed by atoms with Crippen LogP contribution in [0.15, 0.2) is 0 Å². The fraction of sp³-hybridized carbons (Fsp3) is 1.00. The quantitative estimate of drug-likeness (QED) is 0.724. The summed E-state index contributed by atoms with van der Waals surface area (Å²) >= 11 is 0. The molecule has 2 heteroatoms. The van der Waals surface area contributed by atoms with E-state index >= 15 is 0 Å². The van der Waals surface area contributed by atoms with Gasteiger partial charge in [-0.2, -0.15) is 0 Å². The van der Waals surface area contributed by atoms with E-state index in [1.165, 1.54) is 45.4 Å². The third-order valence-electron chi connectivity index (χ3n) is 6.61. The molecule has 2 aliphatic heterocycles. The zero-order valence-corrected chi connectivity index (χ0v) is 15.2. The fourth-order valence-corrected chi connectivity index (χ4v) is 5.07. The Morgan fingerprint density at radius 2 is 1.33 bits per heavy atom. The summed E-state index contributed by atoms with van der Waals surface area (Å²) in [6, 6.07) is 0.921. The lowest BCUT2D eigenvalue weighted by Crippen LogP contribution is -2.67. The molecule has 2 unspecified atom stereocenters. The van der Waals surface area contributed by atoms with E-state index in [1.54, 1.807) is 0 Å². The van der Waals surface area contributed by atoms with Gasteiger partial charge in [0, 0.05) is 24.7 Å². The van der Waals surface area contributed by atoms with Crippen LogP contribution in [-0.2, 0) is 0 Å². The molecule has 122 valence electrons. The van der Waals surface area contributed by atoms with E-state index in [2.05, 4.69) is 51.3 Å². The highest BCUT2D eigenvalue weighted by Gasteiger charge is 2.51. The number of hydrogen-bond donors (Lipinski definition) is 0. The molecule has 0 radical (unpaired) electrons. The summed E-state index contributed by atoms with van der Waals surface area (Å²) in [4.78, 5) is 5.59. The summed E-state index contributed by atoms with van der Waals surface area (Å²) < 4.78 is 0. The van der Waals surface area contributed by atoms with Crippen molar-refractivity contribution in [2.45, 2.75) is 72.4 Å². The maximum absolute atomic E-state index is 2.86. The van der Waals surface area contributed by atoms with Gasteiger partial charge in [-0.3, -0.25) is 9.80 Å². The van der Waals surface area contributed by atoms with Crippen LogP contribution in [0.3, 0.4) is 0 Å². The Hall–Kier alpha value is -0.0800. The number of likely N-dealkylation sites (tertiary alicyclic amines) is 2. The van der Waals surface area contributed by atoms with E-state index in [4.69, 9.17) is 0 Å². The van der Waals surface area contributed by atoms with Gasteiger partial charge in [-0.15, -0.1) is 0 Å². The molecule has 0 aromatic rings. The van der Waals surface area contributed by atoms with E-state index in [9.17, 15) is 0 Å². The lowest BCUT2D eigenvalue weighted by molar-refractivity contribution is -0.110. The Kier molecular flexibility index (Phi) is 3.94. The average molecular weight is 293 g/mol. The van der Waals surface area contributed by atoms with Gasteiger partial charge in [-0.1, -0.05) is 20.8 Å². The van der Waals surface area contributed by atoms with Gasteiger partial charge in [0.05, 0.1) is 0 Å². The monoisotopic (exact) mass is 292 g/mol. The van der Waals surface area contributed by atoms with Crippen LogP contribution in [0.2, 0.25) is 0 Å². The van der Waals surface area contributed by atoms with Gasteiger partial charge in [-0.25, -0.2) is 0 Å². The molecular formula is C19H36N2. The van der Waals surface area contributed by atoms with Crippen LogP contribution in [0, 0.1) is 23.2 Å². The summed E-state index contributed by atoms with van der Waals surface area (Å²) in [5, 5.41) is 0. The molecule has 0 spiro atoms. The van der Waals surface area contributed by atoms with Crippen LogP contribution in [0.1, 0.15) is 60.8 Å². The summed E-state index contributed by atoms with van der Waals surface area (Å²) in [5.74, 6) is 2.84. The summed E-state index contributed by atoms with van der Waals surface area (Å²) in [7, 11) is 0. The average Bonchev–Trinajstić information content (AvgIpc) is 2.37. The van der Waals surface area contributed by atoms with Crippen molar-refractivity contribution in [3.8, 4) is 0 Å². The van der Waals surface area contributed by atoms with E-state index in [0.717, 1.165) is 23.8 Å². The summed E-state index contributed by atoms with van der Waals surface area (Å²) in [6.45, 7) is 19.8. The van der Waals surface area contributed by atoms with Crippen molar-refractivity contribution in [2.24, 2.45) is 23.2 Å². The Labute approximate surface area is 132 Å². The Morgan fingerprint density at radius 1 is 0.810 bits per heavy atom. The number of piperidine rings is 3. The third-order valence-corrected chi connectivity index (χ3v) is 6.61. The standard InChI is InChI=1S/C19H36N2/c1-18(2,3)16-7-9-20(10-8-16)17-14-11-15(17)13-21(12-14)19(4,5)6/h14-17H,7-13H2,1-6H3. The number of hydrogen-bond acceptors (Lipinski definition) is 2. The predicted octanol–water partition coefficient (Wildman–Crippen LogP) is 3.86. The van der Waals surface area contributed by atoms with Gasteiger partial charge in [0.15, 0.2) is 0 Å². The van der Waals surface area contributed by atoms with Gasteiger partial charge >= 0.3 is 0 Å². The first-order valence-corrected chi connectivity index (χ1v) is 9.15. The van der Waals surface area contributed by atoms with Crippen LogP contribution in [0.25, 0.3) is 0 Å². The molecular weight excluding hydrogens is 256 g/mol. The molecule has 3 rings (SSSR count). The maximum atomic E-state index is 2.86. The number of nitrogens with zero attached hydrogens (tertiary/aromatic N) is 2. The number of fused-ring (bicyclic) bond motifs is 2. The Balaban J connectivity index is 1.55. The van der Waals surface area contributed by atoms with Crippen molar-refractivity contribution in [3.05, 3.63) is 0 Å². The first kappa shape index (κ1) is 15.8. The highest BCUT2D eigenvalue weighted by atomic mass is 15.3. The van der Waals surface area contributed by atoms with Crippen molar-refractivity contribution in [3.63, 3.8) is 0 Å². The largest absolute Gasteiger partial charge is 0.300 e. The topological polar surface area (TPSA) is 6.48 Å². The van der Waals surface area contributed by atoms with Crippen LogP contribution >= 0.6 is 0 Å². The molecule has 0 N–H and O–H groups in total. The van der Waals surface area contributed by atoms with Crippen LogP contribution in [0.5, 0.6) is 0 Å². The zero-order chi connectivity index (χ0) is 15.4. The second-order valence-corrected chi connectivity index (χ2v) is 10.00. The second-order valence-electron chi connectivity index (χ2n) is 10.00. The van der Waals surface area contributed by atoms with Crippen molar-refractivity contribution >= 4 is 0 Å². The van der Waals surface area contributed by atoms with E-state index in [-0.39, 0.29) is 0 Å². The summed E-state index contributed by atoms with van der Waals surface area (Å²) in [6.07, 6.45) is 4.33. The highest BCUT2D eigenvalue weighted by Crippen LogP contribution is 2.46. The predicted molar refractivity (Wildman–Crippen MR) is 90.5 cm³/mol. The van der Waals surface area contributed by atoms with E-state index < -0.39 is 0 Å². The van der Waals surface area contributed by atoms with Gasteiger partial charge < -0.3 is 0 Å². The minimum absolute atomic E-state index is 0.362. The minimum Gasteiger partial charge on any atom is -0.300 e. The molecule has 21 heavy (non-hydrogen) atoms. The third kappa shape index (κ3) is 3.03. The van der Waals surface area contributed by atoms with E-state index in [0.29, 0.717) is 11.0 Å². The molecule has 0 amide bonds. The van der Waals surface area contributed by atoms with Crippen LogP contribution in [-0.4, -0.2) is 47.6 Å². The highest BCUT2D eigenvalue weighted by molar-refractivity contribution is 5.05. The minimum atomic E-state index is 0.362. The molecule has 2 atom stereocenters. The second kappa shape index (κ2) is 5.23. The van der Waals surface area contributed by atoms with Gasteiger partial charge in [0.2, 0.25) is 0 Å². The number of rotatable bonds is 1. The first-order valence-electron chi connectivity index (χ1n) is 9.15. The molecule has 2 nitrogen and oxygen atoms in total. The molecule has 0 aromatic carbocycles. The molecule has 2 saturated heterocycles. The molecule has 2 heterocycles. The van der Waals surface area contributed by atoms with Crippen LogP contribution < -0.4 is 0 Å². The lowest BCUT2D eigenvalue weighted by atomic mass is 9.64. The fourth-order valence-electron chi connectivity index (χ4n) is 5.07. The lowest BCUT2D eigenvalue weighted by Gasteiger charge is -2.61. The van der Waals surface area contributed by atoms with Crippen molar-refractivity contribution in [1.29, 1.82) is 0 Å². The van der Waals surface area contributed by atoms with Gasteiger partial charge in [0.1, 0.15) is 0 Å². The van der Waals surface area contributed by atoms with Crippen molar-refractivity contribution < 1.29 is 0 Å². The van der Waals surface area contributed by atoms with Gasteiger partial charge in [-0.05, 0) is 76.3 Å². The molecule has 1 aliphatic carbocycles. The molecule has 1 saturated carbocycles. The maximum Gasteiger partial charge on any atom is 0.0176 e. The normalized spacial score (nSPS) is 36.6. The Bertz CT molecular complexity index is 356. The SMILES string of the molecule is CC(C)(C)C1CCN(C2C3CC2CN(C(C)(C)C)C3)CC1. The summed E-state index contributed by atoms with van der Waals surface area (Å²) in [5.41, 5.74) is 0.867. The molecule has 0 aromatic heterocycles. The first-order chi connectivity index (χ1) is 9.66. The van der Waals surface area contributed by atoms with Crippen LogP contribution in [0.4, 0.5) is 0 Å². The van der Waals surface area contributed by atoms with E-state index in [1.807, 2.05) is 0 Å².